The number of rotatable bonds is 7. The van der Waals surface area contributed by atoms with E-state index < -0.39 is 56.7 Å². The van der Waals surface area contributed by atoms with Gasteiger partial charge in [0.1, 0.15) is 5.69 Å². The molecule has 1 aliphatic carbocycles. The molecule has 3 N–H and O–H groups in total. The van der Waals surface area contributed by atoms with Crippen molar-refractivity contribution in [3.63, 3.8) is 0 Å². The van der Waals surface area contributed by atoms with Crippen LogP contribution in [0.5, 0.6) is 0 Å². The van der Waals surface area contributed by atoms with Crippen LogP contribution in [0.3, 0.4) is 0 Å². The summed E-state index contributed by atoms with van der Waals surface area (Å²) in [6.07, 6.45) is -7.87. The third-order valence-electron chi connectivity index (χ3n) is 6.11. The molecule has 1 saturated carbocycles. The fraction of sp³-hybridized carbons (Fsp3) is 0.280. The number of carbonyl (C=O) groups excluding carboxylic acids is 3. The molecule has 44 heavy (non-hydrogen) atoms. The van der Waals surface area contributed by atoms with Gasteiger partial charge in [-0.2, -0.15) is 31.4 Å². The van der Waals surface area contributed by atoms with Crippen LogP contribution < -0.4 is 15.4 Å². The Labute approximate surface area is 255 Å². The first kappa shape index (κ1) is 33.1. The maximum atomic E-state index is 13.5. The maximum absolute atomic E-state index is 13.5. The van der Waals surface area contributed by atoms with Crippen LogP contribution in [0.1, 0.15) is 44.9 Å². The Hall–Kier alpha value is -3.83. The van der Waals surface area contributed by atoms with Crippen molar-refractivity contribution in [1.29, 1.82) is 0 Å². The first-order valence-electron chi connectivity index (χ1n) is 12.2. The highest BCUT2D eigenvalue weighted by Crippen LogP contribution is 2.36. The third-order valence-corrected chi connectivity index (χ3v) is 8.11. The first-order valence-corrected chi connectivity index (χ1v) is 15.0. The van der Waals surface area contributed by atoms with Gasteiger partial charge in [-0.05, 0) is 49.6 Å². The predicted molar refractivity (Wildman–Crippen MR) is 149 cm³/mol. The van der Waals surface area contributed by atoms with Crippen LogP contribution >= 0.6 is 23.2 Å². The normalized spacial score (nSPS) is 15.6. The van der Waals surface area contributed by atoms with Crippen LogP contribution in [-0.2, 0) is 20.7 Å². The fourth-order valence-corrected chi connectivity index (χ4v) is 6.22. The lowest BCUT2D eigenvalue weighted by Crippen LogP contribution is -2.45. The molecule has 3 amide bonds. The molecular formula is C25H20Cl2F6N6O4S. The van der Waals surface area contributed by atoms with Gasteiger partial charge in [-0.15, -0.1) is 0 Å². The van der Waals surface area contributed by atoms with E-state index in [1.165, 1.54) is 36.0 Å². The molecule has 19 heteroatoms. The molecule has 0 aliphatic heterocycles. The number of alkyl halides is 6. The van der Waals surface area contributed by atoms with Crippen molar-refractivity contribution in [3.05, 3.63) is 69.1 Å². The Kier molecular flexibility index (Phi) is 8.71. The Balaban J connectivity index is 1.68. The van der Waals surface area contributed by atoms with Crippen molar-refractivity contribution < 1.29 is 44.9 Å². The van der Waals surface area contributed by atoms with Gasteiger partial charge in [0.15, 0.2) is 11.5 Å². The monoisotopic (exact) mass is 684 g/mol. The zero-order valence-corrected chi connectivity index (χ0v) is 24.7. The van der Waals surface area contributed by atoms with Crippen molar-refractivity contribution in [2.75, 3.05) is 11.6 Å². The molecule has 236 valence electrons. The van der Waals surface area contributed by atoms with Crippen molar-refractivity contribution in [1.82, 2.24) is 24.8 Å². The average molecular weight is 685 g/mol. The van der Waals surface area contributed by atoms with E-state index in [-0.39, 0.29) is 45.5 Å². The van der Waals surface area contributed by atoms with Crippen molar-refractivity contribution in [3.8, 4) is 5.82 Å². The van der Waals surface area contributed by atoms with Gasteiger partial charge in [0.05, 0.1) is 31.5 Å². The smallest absolute Gasteiger partial charge is 0.342 e. The number of anilines is 1. The number of nitrogens with zero attached hydrogens (tertiary/aromatic N) is 3. The molecular weight excluding hydrogens is 665 g/mol. The zero-order chi connectivity index (χ0) is 32.8. The number of hydrogen-bond donors (Lipinski definition) is 3. The molecule has 0 spiro atoms. The van der Waals surface area contributed by atoms with Gasteiger partial charge in [0, 0.05) is 28.9 Å². The number of benzene rings is 1. The van der Waals surface area contributed by atoms with E-state index in [1.807, 2.05) is 0 Å². The molecule has 1 aromatic carbocycles. The molecule has 0 radical (unpaired) electrons. The minimum absolute atomic E-state index is 0.0286. The highest BCUT2D eigenvalue weighted by molar-refractivity contribution is 7.99. The molecule has 4 rings (SSSR count). The second-order valence-corrected chi connectivity index (χ2v) is 12.9. The van der Waals surface area contributed by atoms with Gasteiger partial charge < -0.3 is 10.6 Å². The lowest BCUT2D eigenvalue weighted by atomic mass is 10.1. The van der Waals surface area contributed by atoms with Gasteiger partial charge >= 0.3 is 18.3 Å². The quantitative estimate of drug-likeness (QED) is 0.243. The molecule has 2 aromatic heterocycles. The maximum Gasteiger partial charge on any atom is 0.472 e. The van der Waals surface area contributed by atoms with Crippen LogP contribution in [0.15, 0.2) is 36.5 Å². The van der Waals surface area contributed by atoms with E-state index in [4.69, 9.17) is 23.2 Å². The number of nitrogens with one attached hydrogen (secondary N) is 3. The Morgan fingerprint density at radius 3 is 2.30 bits per heavy atom. The largest absolute Gasteiger partial charge is 0.472 e. The van der Waals surface area contributed by atoms with Gasteiger partial charge in [0.2, 0.25) is 0 Å². The molecule has 2 heterocycles. The van der Waals surface area contributed by atoms with E-state index in [2.05, 4.69) is 20.7 Å². The van der Waals surface area contributed by atoms with Gasteiger partial charge in [-0.3, -0.25) is 19.1 Å². The van der Waals surface area contributed by atoms with Crippen LogP contribution in [0.25, 0.3) is 5.82 Å². The highest BCUT2D eigenvalue weighted by atomic mass is 35.5. The molecule has 10 nitrogen and oxygen atoms in total. The molecule has 1 fully saturated rings. The van der Waals surface area contributed by atoms with Crippen molar-refractivity contribution in [2.45, 2.75) is 37.7 Å². The number of carbonyl (C=O) groups is 3. The number of pyridine rings is 1. The molecule has 1 aliphatic rings. The summed E-state index contributed by atoms with van der Waals surface area (Å²) in [4.78, 5) is 42.0. The van der Waals surface area contributed by atoms with Gasteiger partial charge in [-0.25, -0.2) is 13.9 Å². The summed E-state index contributed by atoms with van der Waals surface area (Å²) < 4.78 is 93.3. The van der Waals surface area contributed by atoms with E-state index >= 15 is 0 Å². The second kappa shape index (κ2) is 11.6. The summed E-state index contributed by atoms with van der Waals surface area (Å²) in [5.74, 6) is -4.78. The van der Waals surface area contributed by atoms with E-state index in [1.54, 1.807) is 0 Å². The summed E-state index contributed by atoms with van der Waals surface area (Å²) in [5.41, 5.74) is -3.69. The van der Waals surface area contributed by atoms with Crippen LogP contribution in [0.2, 0.25) is 10.0 Å². The van der Waals surface area contributed by atoms with Crippen LogP contribution in [0.4, 0.5) is 32.0 Å². The summed E-state index contributed by atoms with van der Waals surface area (Å²) in [7, 11) is -3.74. The van der Waals surface area contributed by atoms with Crippen LogP contribution in [0, 0.1) is 6.92 Å². The lowest BCUT2D eigenvalue weighted by Gasteiger charge is -2.19. The summed E-state index contributed by atoms with van der Waals surface area (Å²) >= 11 is 12.2. The molecule has 3 aromatic rings. The minimum Gasteiger partial charge on any atom is -0.342 e. The highest BCUT2D eigenvalue weighted by Gasteiger charge is 2.45. The summed E-state index contributed by atoms with van der Waals surface area (Å²) in [6, 6.07) is 5.69. The van der Waals surface area contributed by atoms with Gasteiger partial charge in [0.25, 0.3) is 11.8 Å². The SMILES string of the molecule is Cc1cc(Cl)cc(C(=O)NC2(C=S(C)(=O)NC(=O)C(F)(F)F)CC2)c1NC(=O)c1cc(C(F)(F)F)nn1-c1ncccc1Cl. The average Bonchev–Trinajstić information content (AvgIpc) is 3.45. The topological polar surface area (TPSA) is 135 Å². The zero-order valence-electron chi connectivity index (χ0n) is 22.4. The van der Waals surface area contributed by atoms with E-state index in [9.17, 15) is 44.9 Å². The van der Waals surface area contributed by atoms with Crippen LogP contribution in [-0.4, -0.2) is 60.0 Å². The molecule has 1 unspecified atom stereocenters. The number of aryl methyl sites for hydroxylation is 1. The van der Waals surface area contributed by atoms with E-state index in [0.29, 0.717) is 10.7 Å². The number of hydrogen-bond acceptors (Lipinski definition) is 6. The summed E-state index contributed by atoms with van der Waals surface area (Å²) in [6.45, 7) is 1.44. The first-order chi connectivity index (χ1) is 20.2. The van der Waals surface area contributed by atoms with Crippen molar-refractivity contribution >= 4 is 61.7 Å². The fourth-order valence-electron chi connectivity index (χ4n) is 4.04. The van der Waals surface area contributed by atoms with E-state index in [0.717, 1.165) is 17.7 Å². The molecule has 0 bridgehead atoms. The second-order valence-electron chi connectivity index (χ2n) is 9.79. The number of halogens is 8. The lowest BCUT2D eigenvalue weighted by molar-refractivity contribution is -0.171. The molecule has 0 saturated heterocycles. The standard InChI is InChI=1S/C25H20Cl2F6N6O4S/c1-12-8-13(26)9-14(20(40)36-23(5-6-23)11-44(2,43)38-22(42)25(31,32)33)18(12)35-21(41)16-10-17(24(28,29)30)37-39(16)19-15(27)4-3-7-34-19/h3-4,7-11H,5-6H2,1-2H3,(H,35,41)(H,36,40)(H,38,42,43). The third kappa shape index (κ3) is 7.44. The Morgan fingerprint density at radius 1 is 1.07 bits per heavy atom. The number of amides is 3. The number of aromatic nitrogens is 3. The van der Waals surface area contributed by atoms with Crippen molar-refractivity contribution in [2.24, 2.45) is 0 Å². The van der Waals surface area contributed by atoms with Gasteiger partial charge in [-0.1, -0.05) is 23.2 Å². The minimum atomic E-state index is -5.30. The Morgan fingerprint density at radius 2 is 1.73 bits per heavy atom. The summed E-state index contributed by atoms with van der Waals surface area (Å²) in [5, 5.41) is 9.16. The Bertz CT molecular complexity index is 1800. The molecule has 1 atom stereocenters. The predicted octanol–water partition coefficient (Wildman–Crippen LogP) is 4.73.